The van der Waals surface area contributed by atoms with Gasteiger partial charge in [0, 0.05) is 6.54 Å². The number of halogens is 1. The molecule has 1 aromatic rings. The molecule has 0 atom stereocenters. The smallest absolute Gasteiger partial charge is 0.0758 e. The van der Waals surface area contributed by atoms with Crippen molar-refractivity contribution in [2.24, 2.45) is 5.92 Å². The summed E-state index contributed by atoms with van der Waals surface area (Å²) in [4.78, 5) is 0. The van der Waals surface area contributed by atoms with E-state index in [1.807, 2.05) is 0 Å². The van der Waals surface area contributed by atoms with Crippen molar-refractivity contribution in [3.05, 3.63) is 15.0 Å². The van der Waals surface area contributed by atoms with Crippen molar-refractivity contribution in [3.8, 4) is 0 Å². The summed E-state index contributed by atoms with van der Waals surface area (Å²) in [7, 11) is 0. The van der Waals surface area contributed by atoms with Gasteiger partial charge in [0.05, 0.1) is 15.0 Å². The van der Waals surface area contributed by atoms with Gasteiger partial charge in [-0.2, -0.15) is 5.10 Å². The summed E-state index contributed by atoms with van der Waals surface area (Å²) in [6, 6.07) is 0. The fourth-order valence-corrected chi connectivity index (χ4v) is 3.83. The second kappa shape index (κ2) is 5.52. The van der Waals surface area contributed by atoms with Gasteiger partial charge in [-0.1, -0.05) is 26.7 Å². The van der Waals surface area contributed by atoms with Crippen LogP contribution in [-0.4, -0.2) is 9.78 Å². The first-order valence-corrected chi connectivity index (χ1v) is 7.58. The highest BCUT2D eigenvalue weighted by Crippen LogP contribution is 2.28. The SMILES string of the molecule is CCc1nn(CC2CCCC2)c(CC)c1I. The molecule has 0 aromatic carbocycles. The van der Waals surface area contributed by atoms with E-state index in [-0.39, 0.29) is 0 Å². The lowest BCUT2D eigenvalue weighted by Crippen LogP contribution is -2.11. The lowest BCUT2D eigenvalue weighted by molar-refractivity contribution is 0.418. The Morgan fingerprint density at radius 2 is 1.94 bits per heavy atom. The van der Waals surface area contributed by atoms with Crippen LogP contribution in [0.1, 0.15) is 50.9 Å². The predicted octanol–water partition coefficient (Wildman–Crippen LogP) is 3.80. The van der Waals surface area contributed by atoms with Crippen LogP contribution < -0.4 is 0 Å². The Kier molecular flexibility index (Phi) is 4.27. The first kappa shape index (κ1) is 12.4. The molecule has 1 fully saturated rings. The van der Waals surface area contributed by atoms with Gasteiger partial charge in [-0.25, -0.2) is 0 Å². The number of aromatic nitrogens is 2. The van der Waals surface area contributed by atoms with E-state index in [9.17, 15) is 0 Å². The fraction of sp³-hybridized carbons (Fsp3) is 0.769. The van der Waals surface area contributed by atoms with E-state index in [0.29, 0.717) is 0 Å². The van der Waals surface area contributed by atoms with Crippen LogP contribution in [0.15, 0.2) is 0 Å². The lowest BCUT2D eigenvalue weighted by atomic mass is 10.1. The Morgan fingerprint density at radius 3 is 2.50 bits per heavy atom. The molecule has 0 unspecified atom stereocenters. The number of aryl methyl sites for hydroxylation is 1. The van der Waals surface area contributed by atoms with E-state index >= 15 is 0 Å². The Morgan fingerprint density at radius 1 is 1.25 bits per heavy atom. The van der Waals surface area contributed by atoms with Crippen molar-refractivity contribution in [1.82, 2.24) is 9.78 Å². The molecule has 1 heterocycles. The van der Waals surface area contributed by atoms with Crippen molar-refractivity contribution < 1.29 is 0 Å². The second-order valence-corrected chi connectivity index (χ2v) is 5.83. The molecule has 1 saturated carbocycles. The van der Waals surface area contributed by atoms with Crippen LogP contribution in [0.25, 0.3) is 0 Å². The highest BCUT2D eigenvalue weighted by atomic mass is 127. The van der Waals surface area contributed by atoms with Crippen LogP contribution in [0.2, 0.25) is 0 Å². The number of hydrogen-bond donors (Lipinski definition) is 0. The molecule has 1 aliphatic rings. The minimum atomic E-state index is 0.880. The van der Waals surface area contributed by atoms with Crippen LogP contribution in [-0.2, 0) is 19.4 Å². The highest BCUT2D eigenvalue weighted by molar-refractivity contribution is 14.1. The first-order chi connectivity index (χ1) is 7.76. The molecule has 16 heavy (non-hydrogen) atoms. The molecule has 2 rings (SSSR count). The van der Waals surface area contributed by atoms with Crippen LogP contribution in [0.5, 0.6) is 0 Å². The molecule has 0 bridgehead atoms. The standard InChI is InChI=1S/C13H21IN2/c1-3-11-13(14)12(4-2)16(15-11)9-10-7-5-6-8-10/h10H,3-9H2,1-2H3. The van der Waals surface area contributed by atoms with E-state index in [4.69, 9.17) is 5.10 Å². The summed E-state index contributed by atoms with van der Waals surface area (Å²) in [5.41, 5.74) is 2.74. The van der Waals surface area contributed by atoms with E-state index in [0.717, 1.165) is 25.3 Å². The number of nitrogens with zero attached hydrogens (tertiary/aromatic N) is 2. The maximum absolute atomic E-state index is 4.77. The van der Waals surface area contributed by atoms with Crippen LogP contribution in [0.3, 0.4) is 0 Å². The summed E-state index contributed by atoms with van der Waals surface area (Å²) < 4.78 is 3.69. The minimum absolute atomic E-state index is 0.880. The summed E-state index contributed by atoms with van der Waals surface area (Å²) in [6.45, 7) is 5.59. The molecular formula is C13H21IN2. The van der Waals surface area contributed by atoms with Crippen LogP contribution >= 0.6 is 22.6 Å². The molecule has 1 aliphatic carbocycles. The van der Waals surface area contributed by atoms with Gasteiger partial charge in [-0.15, -0.1) is 0 Å². The maximum Gasteiger partial charge on any atom is 0.0758 e. The maximum atomic E-state index is 4.77. The summed E-state index contributed by atoms with van der Waals surface area (Å²) in [5.74, 6) is 0.880. The van der Waals surface area contributed by atoms with Gasteiger partial charge < -0.3 is 0 Å². The summed E-state index contributed by atoms with van der Waals surface area (Å²) in [6.07, 6.45) is 7.82. The quantitative estimate of drug-likeness (QED) is 0.767. The average Bonchev–Trinajstić information content (AvgIpc) is 2.87. The molecule has 0 saturated heterocycles. The molecule has 0 aliphatic heterocycles. The Balaban J connectivity index is 2.18. The lowest BCUT2D eigenvalue weighted by Gasteiger charge is -2.11. The van der Waals surface area contributed by atoms with E-state index in [1.165, 1.54) is 40.6 Å². The van der Waals surface area contributed by atoms with Crippen molar-refractivity contribution >= 4 is 22.6 Å². The molecule has 3 heteroatoms. The zero-order valence-corrected chi connectivity index (χ0v) is 12.5. The third-order valence-electron chi connectivity index (χ3n) is 3.64. The van der Waals surface area contributed by atoms with Crippen molar-refractivity contribution in [2.45, 2.75) is 58.9 Å². The zero-order valence-electron chi connectivity index (χ0n) is 10.3. The highest BCUT2D eigenvalue weighted by Gasteiger charge is 2.19. The molecule has 0 spiro atoms. The third kappa shape index (κ3) is 2.44. The zero-order chi connectivity index (χ0) is 11.5. The van der Waals surface area contributed by atoms with Gasteiger partial charge in [0.25, 0.3) is 0 Å². The van der Waals surface area contributed by atoms with Gasteiger partial charge in [0.2, 0.25) is 0 Å². The van der Waals surface area contributed by atoms with E-state index < -0.39 is 0 Å². The predicted molar refractivity (Wildman–Crippen MR) is 75.7 cm³/mol. The van der Waals surface area contributed by atoms with Gasteiger partial charge in [-0.05, 0) is 54.2 Å². The topological polar surface area (TPSA) is 17.8 Å². The molecule has 0 amide bonds. The Labute approximate surface area is 112 Å². The number of hydrogen-bond acceptors (Lipinski definition) is 1. The molecule has 90 valence electrons. The molecule has 2 nitrogen and oxygen atoms in total. The Bertz CT molecular complexity index is 351. The largest absolute Gasteiger partial charge is 0.268 e. The fourth-order valence-electron chi connectivity index (χ4n) is 2.68. The van der Waals surface area contributed by atoms with Gasteiger partial charge in [-0.3, -0.25) is 4.68 Å². The van der Waals surface area contributed by atoms with Crippen molar-refractivity contribution in [1.29, 1.82) is 0 Å². The van der Waals surface area contributed by atoms with Crippen molar-refractivity contribution in [3.63, 3.8) is 0 Å². The van der Waals surface area contributed by atoms with Gasteiger partial charge in [0.1, 0.15) is 0 Å². The van der Waals surface area contributed by atoms with Gasteiger partial charge >= 0.3 is 0 Å². The normalized spacial score (nSPS) is 17.2. The second-order valence-electron chi connectivity index (χ2n) is 4.75. The monoisotopic (exact) mass is 332 g/mol. The summed E-state index contributed by atoms with van der Waals surface area (Å²) >= 11 is 2.47. The average molecular weight is 332 g/mol. The molecule has 0 N–H and O–H groups in total. The number of rotatable bonds is 4. The van der Waals surface area contributed by atoms with Crippen LogP contribution in [0, 0.1) is 9.49 Å². The molecule has 1 aromatic heterocycles. The van der Waals surface area contributed by atoms with E-state index in [1.54, 1.807) is 0 Å². The summed E-state index contributed by atoms with van der Waals surface area (Å²) in [5, 5.41) is 4.77. The van der Waals surface area contributed by atoms with Crippen molar-refractivity contribution in [2.75, 3.05) is 0 Å². The first-order valence-electron chi connectivity index (χ1n) is 6.50. The molecular weight excluding hydrogens is 311 g/mol. The van der Waals surface area contributed by atoms with Crippen LogP contribution in [0.4, 0.5) is 0 Å². The Hall–Kier alpha value is -0.0600. The van der Waals surface area contributed by atoms with E-state index in [2.05, 4.69) is 41.1 Å². The minimum Gasteiger partial charge on any atom is -0.268 e. The molecule has 0 radical (unpaired) electrons. The third-order valence-corrected chi connectivity index (χ3v) is 4.88. The van der Waals surface area contributed by atoms with Gasteiger partial charge in [0.15, 0.2) is 0 Å².